The van der Waals surface area contributed by atoms with Crippen molar-refractivity contribution < 1.29 is 4.74 Å². The van der Waals surface area contributed by atoms with E-state index in [1.54, 1.807) is 0 Å². The maximum Gasteiger partial charge on any atom is 0.103 e. The molecule has 1 fully saturated rings. The quantitative estimate of drug-likeness (QED) is 0.685. The van der Waals surface area contributed by atoms with Crippen LogP contribution in [0, 0.1) is 11.3 Å². The molecule has 0 spiro atoms. The molecule has 0 saturated carbocycles. The van der Waals surface area contributed by atoms with E-state index < -0.39 is 0 Å². The second kappa shape index (κ2) is 8.52. The molecule has 0 amide bonds. The Bertz CT molecular complexity index is 284. The molecule has 1 unspecified atom stereocenters. The fraction of sp³-hybridized carbons (Fsp3) is 0.933. The van der Waals surface area contributed by atoms with Crippen LogP contribution in [0.15, 0.2) is 0 Å². The van der Waals surface area contributed by atoms with Gasteiger partial charge in [0.15, 0.2) is 0 Å². The van der Waals surface area contributed by atoms with E-state index in [4.69, 9.17) is 4.74 Å². The van der Waals surface area contributed by atoms with E-state index in [0.717, 1.165) is 58.4 Å². The van der Waals surface area contributed by atoms with Gasteiger partial charge in [-0.3, -0.25) is 5.32 Å². The molecule has 1 aliphatic rings. The average Bonchev–Trinajstić information content (AvgIpc) is 2.44. The Balaban J connectivity index is 2.17. The van der Waals surface area contributed by atoms with Gasteiger partial charge < -0.3 is 9.64 Å². The fourth-order valence-electron chi connectivity index (χ4n) is 2.72. The molecule has 0 aromatic carbocycles. The monoisotopic (exact) mass is 267 g/mol. The van der Waals surface area contributed by atoms with Gasteiger partial charge in [-0.15, -0.1) is 0 Å². The van der Waals surface area contributed by atoms with Crippen LogP contribution < -0.4 is 5.32 Å². The zero-order valence-electron chi connectivity index (χ0n) is 12.7. The molecule has 1 N–H and O–H groups in total. The molecule has 1 aliphatic heterocycles. The molecule has 0 radical (unpaired) electrons. The summed E-state index contributed by atoms with van der Waals surface area (Å²) < 4.78 is 5.39. The highest BCUT2D eigenvalue weighted by Crippen LogP contribution is 2.16. The van der Waals surface area contributed by atoms with Crippen molar-refractivity contribution in [2.24, 2.45) is 0 Å². The zero-order valence-corrected chi connectivity index (χ0v) is 12.7. The lowest BCUT2D eigenvalue weighted by molar-refractivity contribution is 0.0425. The van der Waals surface area contributed by atoms with Crippen molar-refractivity contribution in [3.05, 3.63) is 0 Å². The topological polar surface area (TPSA) is 48.3 Å². The van der Waals surface area contributed by atoms with Crippen LogP contribution in [0.3, 0.4) is 0 Å². The molecule has 4 nitrogen and oxygen atoms in total. The summed E-state index contributed by atoms with van der Waals surface area (Å²) in [5, 5.41) is 12.5. The number of nitrogens with one attached hydrogen (secondary N) is 1. The van der Waals surface area contributed by atoms with Crippen LogP contribution in [0.5, 0.6) is 0 Å². The van der Waals surface area contributed by atoms with Crippen LogP contribution in [-0.2, 0) is 4.74 Å². The Morgan fingerprint density at radius 1 is 1.37 bits per heavy atom. The lowest BCUT2D eigenvalue weighted by Crippen LogP contribution is -2.41. The molecule has 19 heavy (non-hydrogen) atoms. The first-order chi connectivity index (χ1) is 9.11. The normalized spacial score (nSPS) is 20.2. The van der Waals surface area contributed by atoms with Crippen molar-refractivity contribution in [3.8, 4) is 6.07 Å². The SMILES string of the molecule is CCNC(C)(C#N)CCCCN(C)C1CCOCC1. The van der Waals surface area contributed by atoms with Crippen LogP contribution in [0.4, 0.5) is 0 Å². The summed E-state index contributed by atoms with van der Waals surface area (Å²) in [6, 6.07) is 3.07. The largest absolute Gasteiger partial charge is 0.381 e. The Hall–Kier alpha value is -0.630. The third-order valence-corrected chi connectivity index (χ3v) is 4.07. The van der Waals surface area contributed by atoms with Gasteiger partial charge in [-0.2, -0.15) is 5.26 Å². The number of nitriles is 1. The number of hydrogen-bond donors (Lipinski definition) is 1. The maximum atomic E-state index is 9.19. The van der Waals surface area contributed by atoms with Gasteiger partial charge in [-0.25, -0.2) is 0 Å². The van der Waals surface area contributed by atoms with Gasteiger partial charge in [0.2, 0.25) is 0 Å². The molecule has 110 valence electrons. The van der Waals surface area contributed by atoms with Gasteiger partial charge in [0.05, 0.1) is 6.07 Å². The standard InChI is InChI=1S/C15H29N3O/c1-4-17-15(2,13-16)9-5-6-10-18(3)14-7-11-19-12-8-14/h14,17H,4-12H2,1-3H3. The molecule has 0 bridgehead atoms. The second-order valence-electron chi connectivity index (χ2n) is 5.76. The fourth-order valence-corrected chi connectivity index (χ4v) is 2.72. The minimum absolute atomic E-state index is 0.355. The predicted molar refractivity (Wildman–Crippen MR) is 78.0 cm³/mol. The summed E-state index contributed by atoms with van der Waals surface area (Å²) in [5.41, 5.74) is -0.355. The van der Waals surface area contributed by atoms with Gasteiger partial charge >= 0.3 is 0 Å². The van der Waals surface area contributed by atoms with E-state index in [0.29, 0.717) is 6.04 Å². The molecule has 1 heterocycles. The van der Waals surface area contributed by atoms with Crippen LogP contribution in [0.2, 0.25) is 0 Å². The van der Waals surface area contributed by atoms with Gasteiger partial charge in [0, 0.05) is 19.3 Å². The van der Waals surface area contributed by atoms with E-state index in [9.17, 15) is 5.26 Å². The first kappa shape index (κ1) is 16.4. The van der Waals surface area contributed by atoms with Crippen molar-refractivity contribution in [1.82, 2.24) is 10.2 Å². The molecule has 1 rings (SSSR count). The van der Waals surface area contributed by atoms with Crippen LogP contribution in [-0.4, -0.2) is 49.8 Å². The number of ether oxygens (including phenoxy) is 1. The van der Waals surface area contributed by atoms with E-state index >= 15 is 0 Å². The predicted octanol–water partition coefficient (Wildman–Crippen LogP) is 2.16. The Kier molecular flexibility index (Phi) is 7.37. The van der Waals surface area contributed by atoms with Crippen LogP contribution in [0.25, 0.3) is 0 Å². The summed E-state index contributed by atoms with van der Waals surface area (Å²) >= 11 is 0. The summed E-state index contributed by atoms with van der Waals surface area (Å²) in [4.78, 5) is 2.46. The molecule has 1 atom stereocenters. The minimum atomic E-state index is -0.355. The van der Waals surface area contributed by atoms with E-state index in [1.165, 1.54) is 0 Å². The van der Waals surface area contributed by atoms with Crippen molar-refractivity contribution >= 4 is 0 Å². The molecule has 4 heteroatoms. The molecular weight excluding hydrogens is 238 g/mol. The zero-order chi connectivity index (χ0) is 14.1. The highest BCUT2D eigenvalue weighted by Gasteiger charge is 2.22. The third-order valence-electron chi connectivity index (χ3n) is 4.07. The van der Waals surface area contributed by atoms with Crippen molar-refractivity contribution in [3.63, 3.8) is 0 Å². The van der Waals surface area contributed by atoms with E-state index in [2.05, 4.69) is 30.3 Å². The van der Waals surface area contributed by atoms with Gasteiger partial charge in [0.25, 0.3) is 0 Å². The molecule has 0 aromatic rings. The summed E-state index contributed by atoms with van der Waals surface area (Å²) in [6.07, 6.45) is 5.51. The first-order valence-corrected chi connectivity index (χ1v) is 7.55. The molecule has 1 saturated heterocycles. The lowest BCUT2D eigenvalue weighted by atomic mass is 9.96. The Labute approximate surface area is 118 Å². The molecular formula is C15H29N3O. The maximum absolute atomic E-state index is 9.19. The smallest absolute Gasteiger partial charge is 0.103 e. The molecule has 0 aromatic heterocycles. The Morgan fingerprint density at radius 2 is 2.05 bits per heavy atom. The van der Waals surface area contributed by atoms with Crippen molar-refractivity contribution in [1.29, 1.82) is 5.26 Å². The van der Waals surface area contributed by atoms with E-state index in [1.807, 2.05) is 6.92 Å². The highest BCUT2D eigenvalue weighted by atomic mass is 16.5. The first-order valence-electron chi connectivity index (χ1n) is 7.55. The van der Waals surface area contributed by atoms with Gasteiger partial charge in [0.1, 0.15) is 5.54 Å². The van der Waals surface area contributed by atoms with Gasteiger partial charge in [-0.1, -0.05) is 6.92 Å². The number of nitrogens with zero attached hydrogens (tertiary/aromatic N) is 2. The second-order valence-corrected chi connectivity index (χ2v) is 5.76. The van der Waals surface area contributed by atoms with E-state index in [-0.39, 0.29) is 5.54 Å². The van der Waals surface area contributed by atoms with Crippen LogP contribution >= 0.6 is 0 Å². The highest BCUT2D eigenvalue weighted by molar-refractivity contribution is 5.03. The number of hydrogen-bond acceptors (Lipinski definition) is 4. The minimum Gasteiger partial charge on any atom is -0.381 e. The third kappa shape index (κ3) is 5.90. The number of unbranched alkanes of at least 4 members (excludes halogenated alkanes) is 1. The van der Waals surface area contributed by atoms with Crippen LogP contribution in [0.1, 0.15) is 46.0 Å². The summed E-state index contributed by atoms with van der Waals surface area (Å²) in [7, 11) is 2.21. The van der Waals surface area contributed by atoms with Crippen molar-refractivity contribution in [2.45, 2.75) is 57.5 Å². The lowest BCUT2D eigenvalue weighted by Gasteiger charge is -2.31. The number of rotatable bonds is 8. The summed E-state index contributed by atoms with van der Waals surface area (Å²) in [5.74, 6) is 0. The van der Waals surface area contributed by atoms with Crippen molar-refractivity contribution in [2.75, 3.05) is 33.4 Å². The van der Waals surface area contributed by atoms with Gasteiger partial charge in [-0.05, 0) is 59.2 Å². The summed E-state index contributed by atoms with van der Waals surface area (Å²) in [6.45, 7) is 7.83. The average molecular weight is 267 g/mol. The Morgan fingerprint density at radius 3 is 2.63 bits per heavy atom. The molecule has 0 aliphatic carbocycles.